The van der Waals surface area contributed by atoms with Crippen molar-refractivity contribution in [1.82, 2.24) is 24.8 Å². The molecule has 0 bridgehead atoms. The Kier molecular flexibility index (Phi) is 8.33. The number of imidazole rings is 2. The van der Waals surface area contributed by atoms with Gasteiger partial charge in [0.05, 0.1) is 24.4 Å². The molecule has 12 heteroatoms. The lowest BCUT2D eigenvalue weighted by Crippen LogP contribution is -2.43. The number of carboxylic acid groups (broad SMARTS) is 1. The lowest BCUT2D eigenvalue weighted by Gasteiger charge is -2.17. The Morgan fingerprint density at radius 2 is 1.97 bits per heavy atom. The average molecular weight is 482 g/mol. The molecule has 0 unspecified atom stereocenters. The largest absolute Gasteiger partial charge is 0.480 e. The Balaban J connectivity index is 1.89. The van der Waals surface area contributed by atoms with E-state index in [4.69, 9.17) is 0 Å². The molecule has 184 valence electrons. The number of aromatic nitrogens is 4. The van der Waals surface area contributed by atoms with E-state index in [1.165, 1.54) is 30.4 Å². The van der Waals surface area contributed by atoms with Gasteiger partial charge in [0, 0.05) is 5.56 Å². The first-order valence-electron chi connectivity index (χ1n) is 10.8. The fourth-order valence-corrected chi connectivity index (χ4v) is 3.29. The predicted octanol–water partition coefficient (Wildman–Crippen LogP) is 2.12. The predicted molar refractivity (Wildman–Crippen MR) is 128 cm³/mol. The van der Waals surface area contributed by atoms with Crippen molar-refractivity contribution in [2.45, 2.75) is 32.9 Å². The Bertz CT molecular complexity index is 1200. The summed E-state index contributed by atoms with van der Waals surface area (Å²) in [6.45, 7) is 3.48. The molecule has 35 heavy (non-hydrogen) atoms. The number of carboxylic acids is 1. The van der Waals surface area contributed by atoms with Gasteiger partial charge in [0.15, 0.2) is 5.82 Å². The number of benzene rings is 1. The molecular weight excluding hydrogens is 454 g/mol. The van der Waals surface area contributed by atoms with E-state index in [-0.39, 0.29) is 30.4 Å². The number of carbonyl (C=O) groups is 3. The second kappa shape index (κ2) is 11.6. The zero-order chi connectivity index (χ0) is 25.4. The Morgan fingerprint density at radius 1 is 1.23 bits per heavy atom. The van der Waals surface area contributed by atoms with E-state index in [1.807, 2.05) is 13.8 Å². The maximum atomic E-state index is 12.9. The van der Waals surface area contributed by atoms with E-state index in [1.54, 1.807) is 30.3 Å². The third-order valence-electron chi connectivity index (χ3n) is 4.88. The molecule has 0 saturated carbocycles. The maximum Gasteiger partial charge on any atom is 0.326 e. The lowest BCUT2D eigenvalue weighted by molar-refractivity contribution is -0.142. The number of carbonyl (C=O) groups excluding carboxylic acids is 2. The van der Waals surface area contributed by atoms with Gasteiger partial charge in [-0.1, -0.05) is 37.2 Å². The number of nitrogens with one attached hydrogen (secondary N) is 3. The fraction of sp³-hybridized carbons (Fsp3) is 0.304. The number of nitrogens with zero attached hydrogens (tertiary/aromatic N) is 4. The number of anilines is 1. The molecular formula is C23H27N7O5. The first kappa shape index (κ1) is 25.1. The van der Waals surface area contributed by atoms with Crippen molar-refractivity contribution in [2.24, 2.45) is 11.1 Å². The molecule has 0 aliphatic carbocycles. The Labute approximate surface area is 201 Å². The van der Waals surface area contributed by atoms with Crippen molar-refractivity contribution in [2.75, 3.05) is 12.4 Å². The monoisotopic (exact) mass is 481 g/mol. The van der Waals surface area contributed by atoms with Crippen LogP contribution in [0.4, 0.5) is 5.82 Å². The van der Waals surface area contributed by atoms with E-state index < -0.39 is 23.8 Å². The Morgan fingerprint density at radius 3 is 2.63 bits per heavy atom. The van der Waals surface area contributed by atoms with Crippen molar-refractivity contribution in [3.63, 3.8) is 0 Å². The molecule has 2 amide bonds. The van der Waals surface area contributed by atoms with Crippen LogP contribution in [-0.2, 0) is 21.0 Å². The van der Waals surface area contributed by atoms with Crippen LogP contribution in [0.3, 0.4) is 0 Å². The summed E-state index contributed by atoms with van der Waals surface area (Å²) in [6.07, 6.45) is 4.59. The van der Waals surface area contributed by atoms with E-state index in [0.717, 1.165) is 0 Å². The second-order valence-corrected chi connectivity index (χ2v) is 8.08. The summed E-state index contributed by atoms with van der Waals surface area (Å²) in [5, 5.41) is 18.4. The van der Waals surface area contributed by atoms with Gasteiger partial charge in [0.1, 0.15) is 31.2 Å². The van der Waals surface area contributed by atoms with Crippen LogP contribution in [0.25, 0.3) is 11.5 Å². The van der Waals surface area contributed by atoms with Gasteiger partial charge in [0.2, 0.25) is 5.91 Å². The number of rotatable bonds is 11. The quantitative estimate of drug-likeness (QED) is 0.241. The van der Waals surface area contributed by atoms with Gasteiger partial charge in [-0.25, -0.2) is 14.8 Å². The number of aliphatic carboxylic acids is 1. The summed E-state index contributed by atoms with van der Waals surface area (Å²) in [5.41, 5.74) is 1.23. The van der Waals surface area contributed by atoms with Gasteiger partial charge < -0.3 is 30.1 Å². The van der Waals surface area contributed by atoms with Gasteiger partial charge in [-0.15, -0.1) is 0 Å². The molecule has 0 aliphatic rings. The third-order valence-corrected chi connectivity index (χ3v) is 4.88. The van der Waals surface area contributed by atoms with Crippen LogP contribution in [0.1, 0.15) is 36.3 Å². The summed E-state index contributed by atoms with van der Waals surface area (Å²) in [4.78, 5) is 53.4. The molecule has 0 fully saturated rings. The standard InChI is InChI=1S/C23H27N7O5/c1-14(2)9-17(23(33)34)28-18(31)12-30-13-25-19(20-24-10-16(27-20)11-26-35-3)21(30)29-22(32)15-7-5-4-6-8-15/h4-8,10-11,13-14,17H,9,12H2,1-3H3,(H,24,27)(H,28,31)(H,29,32)(H,33,34)/b26-11+/t17-/m0/s1. The number of hydrogen-bond acceptors (Lipinski definition) is 7. The van der Waals surface area contributed by atoms with Gasteiger partial charge in [-0.2, -0.15) is 0 Å². The zero-order valence-corrected chi connectivity index (χ0v) is 19.6. The SMILES string of the molecule is CO/N=C/c1cnc(-c2ncn(CC(=O)N[C@@H](CC(C)C)C(=O)O)c2NC(=O)c2ccccc2)[nH]1. The molecule has 3 aromatic rings. The minimum atomic E-state index is -1.11. The van der Waals surface area contributed by atoms with Crippen LogP contribution in [0.15, 0.2) is 48.0 Å². The number of oxime groups is 1. The smallest absolute Gasteiger partial charge is 0.326 e. The molecule has 2 heterocycles. The minimum Gasteiger partial charge on any atom is -0.480 e. The normalized spacial score (nSPS) is 12.0. The van der Waals surface area contributed by atoms with Crippen molar-refractivity contribution in [1.29, 1.82) is 0 Å². The van der Waals surface area contributed by atoms with Crippen LogP contribution < -0.4 is 10.6 Å². The number of aromatic amines is 1. The summed E-state index contributed by atoms with van der Waals surface area (Å²) in [5.74, 6) is -1.44. The molecule has 1 aromatic carbocycles. The summed E-state index contributed by atoms with van der Waals surface area (Å²) in [6, 6.07) is 7.53. The van der Waals surface area contributed by atoms with Crippen LogP contribution >= 0.6 is 0 Å². The maximum absolute atomic E-state index is 12.9. The van der Waals surface area contributed by atoms with Crippen molar-refractivity contribution < 1.29 is 24.3 Å². The molecule has 12 nitrogen and oxygen atoms in total. The zero-order valence-electron chi connectivity index (χ0n) is 19.6. The summed E-state index contributed by atoms with van der Waals surface area (Å²) in [7, 11) is 1.41. The van der Waals surface area contributed by atoms with Gasteiger partial charge in [-0.3, -0.25) is 9.59 Å². The van der Waals surface area contributed by atoms with Gasteiger partial charge in [0.25, 0.3) is 5.91 Å². The van der Waals surface area contributed by atoms with E-state index >= 15 is 0 Å². The highest BCUT2D eigenvalue weighted by Crippen LogP contribution is 2.25. The Hall–Kier alpha value is -4.48. The topological polar surface area (TPSA) is 164 Å². The molecule has 0 saturated heterocycles. The molecule has 1 atom stereocenters. The van der Waals surface area contributed by atoms with Crippen LogP contribution in [0.5, 0.6) is 0 Å². The number of H-pyrrole nitrogens is 1. The van der Waals surface area contributed by atoms with E-state index in [9.17, 15) is 19.5 Å². The highest BCUT2D eigenvalue weighted by atomic mass is 16.6. The third kappa shape index (κ3) is 6.76. The van der Waals surface area contributed by atoms with Crippen molar-refractivity contribution in [3.8, 4) is 11.5 Å². The first-order chi connectivity index (χ1) is 16.8. The summed E-state index contributed by atoms with van der Waals surface area (Å²) >= 11 is 0. The van der Waals surface area contributed by atoms with Crippen molar-refractivity contribution in [3.05, 3.63) is 54.1 Å². The van der Waals surface area contributed by atoms with E-state index in [0.29, 0.717) is 17.1 Å². The van der Waals surface area contributed by atoms with Crippen LogP contribution in [0.2, 0.25) is 0 Å². The molecule has 4 N–H and O–H groups in total. The first-order valence-corrected chi connectivity index (χ1v) is 10.8. The van der Waals surface area contributed by atoms with Gasteiger partial charge >= 0.3 is 5.97 Å². The van der Waals surface area contributed by atoms with E-state index in [2.05, 4.69) is 35.6 Å². The van der Waals surface area contributed by atoms with Crippen LogP contribution in [-0.4, -0.2) is 61.8 Å². The van der Waals surface area contributed by atoms with Gasteiger partial charge in [-0.05, 0) is 24.5 Å². The number of hydrogen-bond donors (Lipinski definition) is 4. The average Bonchev–Trinajstić information content (AvgIpc) is 3.44. The molecule has 3 rings (SSSR count). The highest BCUT2D eigenvalue weighted by Gasteiger charge is 2.24. The minimum absolute atomic E-state index is 0.0757. The summed E-state index contributed by atoms with van der Waals surface area (Å²) < 4.78 is 1.42. The highest BCUT2D eigenvalue weighted by molar-refractivity contribution is 6.05. The second-order valence-electron chi connectivity index (χ2n) is 8.08. The van der Waals surface area contributed by atoms with Crippen molar-refractivity contribution >= 4 is 29.8 Å². The molecule has 0 radical (unpaired) electrons. The number of amides is 2. The van der Waals surface area contributed by atoms with Crippen LogP contribution in [0, 0.1) is 5.92 Å². The lowest BCUT2D eigenvalue weighted by atomic mass is 10.0. The molecule has 0 aliphatic heterocycles. The molecule has 0 spiro atoms. The molecule has 2 aromatic heterocycles. The fourth-order valence-electron chi connectivity index (χ4n) is 3.29.